The number of alkyl halides is 4. The lowest BCUT2D eigenvalue weighted by atomic mass is 10.1. The van der Waals surface area contributed by atoms with E-state index in [1.807, 2.05) is 0 Å². The number of fused-ring (bicyclic) bond motifs is 1. The predicted octanol–water partition coefficient (Wildman–Crippen LogP) is 4.02. The molecule has 37 heavy (non-hydrogen) atoms. The molecule has 15 heteroatoms. The average molecular weight is 527 g/mol. The molecule has 5 rings (SSSR count). The van der Waals surface area contributed by atoms with Crippen LogP contribution >= 0.6 is 0 Å². The van der Waals surface area contributed by atoms with Crippen LogP contribution in [0.15, 0.2) is 18.3 Å². The number of rotatable bonds is 8. The molecule has 2 aliphatic rings. The highest BCUT2D eigenvalue weighted by Crippen LogP contribution is 2.40. The maximum Gasteiger partial charge on any atom is 0.522 e. The van der Waals surface area contributed by atoms with Crippen LogP contribution in [-0.4, -0.2) is 62.2 Å². The predicted molar refractivity (Wildman–Crippen MR) is 120 cm³/mol. The van der Waals surface area contributed by atoms with E-state index in [0.717, 1.165) is 18.5 Å². The number of nitrogens with zero attached hydrogens (tertiary/aromatic N) is 4. The van der Waals surface area contributed by atoms with Crippen LogP contribution < -0.4 is 10.6 Å². The molecular weight excluding hydrogens is 502 g/mol. The van der Waals surface area contributed by atoms with Gasteiger partial charge in [0.05, 0.1) is 29.9 Å². The lowest BCUT2D eigenvalue weighted by molar-refractivity contribution is -0.330. The first kappa shape index (κ1) is 25.2. The molecule has 4 heterocycles. The van der Waals surface area contributed by atoms with E-state index in [0.29, 0.717) is 17.0 Å². The normalized spacial score (nSPS) is 22.1. The Kier molecular flexibility index (Phi) is 6.66. The molecule has 0 bridgehead atoms. The van der Waals surface area contributed by atoms with Crippen molar-refractivity contribution in [2.24, 2.45) is 0 Å². The van der Waals surface area contributed by atoms with E-state index in [-0.39, 0.29) is 30.1 Å². The maximum absolute atomic E-state index is 15.0. The molecule has 1 saturated heterocycles. The molecule has 0 unspecified atom stereocenters. The minimum atomic E-state index is -4.78. The van der Waals surface area contributed by atoms with Crippen LogP contribution in [0, 0.1) is 0 Å². The fourth-order valence-electron chi connectivity index (χ4n) is 3.97. The first-order chi connectivity index (χ1) is 17.6. The Morgan fingerprint density at radius 2 is 2.11 bits per heavy atom. The first-order valence-corrected chi connectivity index (χ1v) is 11.7. The molecule has 11 nitrogen and oxygen atoms in total. The molecule has 3 aromatic rings. The molecule has 1 aliphatic carbocycles. The third-order valence-corrected chi connectivity index (χ3v) is 5.80. The highest BCUT2D eigenvalue weighted by Gasteiger charge is 2.42. The molecule has 3 aromatic heterocycles. The second kappa shape index (κ2) is 9.78. The number of aromatic amines is 1. The number of anilines is 2. The first-order valence-electron chi connectivity index (χ1n) is 11.7. The van der Waals surface area contributed by atoms with Gasteiger partial charge in [0.2, 0.25) is 0 Å². The minimum Gasteiger partial charge on any atom is -0.441 e. The van der Waals surface area contributed by atoms with Gasteiger partial charge in [-0.2, -0.15) is 10.2 Å². The lowest BCUT2D eigenvalue weighted by Crippen LogP contribution is -2.36. The molecule has 1 saturated carbocycles. The fraction of sp³-hybridized carbons (Fsp3) is 0.545. The van der Waals surface area contributed by atoms with Gasteiger partial charge in [0, 0.05) is 18.0 Å². The van der Waals surface area contributed by atoms with Gasteiger partial charge in [-0.1, -0.05) is 0 Å². The number of H-pyrrole nitrogens is 1. The topological polar surface area (TPSA) is 128 Å². The Labute approximate surface area is 207 Å². The van der Waals surface area contributed by atoms with E-state index < -0.39 is 37.4 Å². The van der Waals surface area contributed by atoms with Gasteiger partial charge < -0.3 is 20.1 Å². The highest BCUT2D eigenvalue weighted by molar-refractivity contribution is 5.73. The average Bonchev–Trinajstić information content (AvgIpc) is 3.25. The number of hydrogen-bond donors (Lipinski definition) is 3. The van der Waals surface area contributed by atoms with Gasteiger partial charge in [0.15, 0.2) is 23.9 Å². The maximum atomic E-state index is 15.0. The van der Waals surface area contributed by atoms with Gasteiger partial charge in [-0.3, -0.25) is 9.84 Å². The summed E-state index contributed by atoms with van der Waals surface area (Å²) in [6.07, 6.45) is -5.67. The molecular formula is C22H25F4N7O4. The molecule has 3 N–H and O–H groups in total. The van der Waals surface area contributed by atoms with E-state index in [1.54, 1.807) is 20.0 Å². The number of ether oxygens (including phenoxy) is 3. The second-order valence-corrected chi connectivity index (χ2v) is 9.26. The monoisotopic (exact) mass is 527 g/mol. The summed E-state index contributed by atoms with van der Waals surface area (Å²) in [5.74, 6) is 0.844. The van der Waals surface area contributed by atoms with Crippen LogP contribution in [0.4, 0.5) is 34.0 Å². The summed E-state index contributed by atoms with van der Waals surface area (Å²) in [4.78, 5) is 16.4. The van der Waals surface area contributed by atoms with Gasteiger partial charge in [-0.15, -0.1) is 13.2 Å². The number of carbonyl (C=O) groups is 1. The zero-order valence-electron chi connectivity index (χ0n) is 19.9. The summed E-state index contributed by atoms with van der Waals surface area (Å²) in [6.45, 7) is 2.64. The zero-order valence-corrected chi connectivity index (χ0v) is 19.9. The van der Waals surface area contributed by atoms with Crippen molar-refractivity contribution in [2.75, 3.05) is 11.9 Å². The Morgan fingerprint density at radius 1 is 1.32 bits per heavy atom. The molecule has 0 radical (unpaired) electrons. The SMILES string of the molecule is CC(C)NC(=O)O[C@H]1CO[C@@H](c2cc(Nc3nc(C4CC4)cn4nc(COC(F)(F)F)cc34)n[nH]2)[C@@H]1F. The second-order valence-electron chi connectivity index (χ2n) is 9.26. The molecule has 1 aliphatic heterocycles. The lowest BCUT2D eigenvalue weighted by Gasteiger charge is -2.16. The summed E-state index contributed by atoms with van der Waals surface area (Å²) in [5.41, 5.74) is 1.54. The minimum absolute atomic E-state index is 0.0741. The number of alkyl carbamates (subject to hydrolysis) is 1. The van der Waals surface area contributed by atoms with Crippen molar-refractivity contribution >= 4 is 23.2 Å². The van der Waals surface area contributed by atoms with E-state index in [2.05, 4.69) is 35.7 Å². The number of halogens is 4. The third-order valence-electron chi connectivity index (χ3n) is 5.80. The van der Waals surface area contributed by atoms with Gasteiger partial charge in [-0.05, 0) is 32.8 Å². The van der Waals surface area contributed by atoms with Crippen molar-refractivity contribution in [1.29, 1.82) is 0 Å². The standard InChI is InChI=1S/C22H25F4N7O4/c1-10(2)27-21(34)37-16-9-35-19(18(16)23)13-6-17(31-30-13)29-20-15-5-12(8-36-22(24,25)26)32-33(15)7-14(28-20)11-3-4-11/h5-7,10-11,16,18-19H,3-4,8-9H2,1-2H3,(H,27,34)(H2,28,29,30,31)/t16-,18+,19-/m0/s1. The summed E-state index contributed by atoms with van der Waals surface area (Å²) in [7, 11) is 0. The molecule has 2 fully saturated rings. The summed E-state index contributed by atoms with van der Waals surface area (Å²) in [6, 6.07) is 2.81. The molecule has 200 valence electrons. The van der Waals surface area contributed by atoms with Crippen molar-refractivity contribution in [3.8, 4) is 0 Å². The van der Waals surface area contributed by atoms with Crippen molar-refractivity contribution < 1.29 is 36.6 Å². The van der Waals surface area contributed by atoms with E-state index >= 15 is 0 Å². The summed E-state index contributed by atoms with van der Waals surface area (Å²) >= 11 is 0. The number of nitrogens with one attached hydrogen (secondary N) is 3. The third kappa shape index (κ3) is 5.93. The number of carbonyl (C=O) groups excluding carboxylic acids is 1. The quantitative estimate of drug-likeness (QED) is 0.375. The van der Waals surface area contributed by atoms with Crippen LogP contribution in [0.1, 0.15) is 55.8 Å². The Hall–Kier alpha value is -3.46. The largest absolute Gasteiger partial charge is 0.522 e. The number of amides is 1. The number of aromatic nitrogens is 5. The number of hydrogen-bond acceptors (Lipinski definition) is 8. The van der Waals surface area contributed by atoms with E-state index in [1.165, 1.54) is 16.6 Å². The van der Waals surface area contributed by atoms with Crippen LogP contribution in [0.5, 0.6) is 0 Å². The van der Waals surface area contributed by atoms with Gasteiger partial charge in [0.25, 0.3) is 0 Å². The van der Waals surface area contributed by atoms with Crippen molar-refractivity contribution in [3.05, 3.63) is 35.4 Å². The van der Waals surface area contributed by atoms with Crippen molar-refractivity contribution in [3.63, 3.8) is 0 Å². The van der Waals surface area contributed by atoms with Crippen LogP contribution in [0.2, 0.25) is 0 Å². The molecule has 0 spiro atoms. The van der Waals surface area contributed by atoms with Crippen LogP contribution in [-0.2, 0) is 20.8 Å². The highest BCUT2D eigenvalue weighted by atomic mass is 19.4. The van der Waals surface area contributed by atoms with Gasteiger partial charge >= 0.3 is 12.5 Å². The molecule has 1 amide bonds. The van der Waals surface area contributed by atoms with E-state index in [4.69, 9.17) is 9.47 Å². The smallest absolute Gasteiger partial charge is 0.441 e. The van der Waals surface area contributed by atoms with E-state index in [9.17, 15) is 22.4 Å². The molecule has 3 atom stereocenters. The van der Waals surface area contributed by atoms with Crippen molar-refractivity contribution in [1.82, 2.24) is 30.1 Å². The Balaban J connectivity index is 1.32. The zero-order chi connectivity index (χ0) is 26.3. The Bertz CT molecular complexity index is 1270. The summed E-state index contributed by atoms with van der Waals surface area (Å²) in [5, 5.41) is 16.6. The van der Waals surface area contributed by atoms with Gasteiger partial charge in [0.1, 0.15) is 18.2 Å². The summed E-state index contributed by atoms with van der Waals surface area (Å²) < 4.78 is 68.4. The van der Waals surface area contributed by atoms with Gasteiger partial charge in [-0.25, -0.2) is 18.7 Å². The van der Waals surface area contributed by atoms with Crippen LogP contribution in [0.3, 0.4) is 0 Å². The molecule has 0 aromatic carbocycles. The Morgan fingerprint density at radius 3 is 2.81 bits per heavy atom. The van der Waals surface area contributed by atoms with Crippen molar-refractivity contribution in [2.45, 2.75) is 70.0 Å². The fourth-order valence-corrected chi connectivity index (χ4v) is 3.97. The van der Waals surface area contributed by atoms with Crippen LogP contribution in [0.25, 0.3) is 5.52 Å².